The van der Waals surface area contributed by atoms with E-state index in [-0.39, 0.29) is 22.3 Å². The highest BCUT2D eigenvalue weighted by Gasteiger charge is 2.15. The van der Waals surface area contributed by atoms with Gasteiger partial charge in [0.25, 0.3) is 5.69 Å². The number of carboxylic acids is 1. The summed E-state index contributed by atoms with van der Waals surface area (Å²) in [5.41, 5.74) is 0.136. The van der Waals surface area contributed by atoms with Gasteiger partial charge in [-0.2, -0.15) is 0 Å². The summed E-state index contributed by atoms with van der Waals surface area (Å²) in [4.78, 5) is 21.0. The van der Waals surface area contributed by atoms with Crippen molar-refractivity contribution < 1.29 is 19.6 Å². The van der Waals surface area contributed by atoms with E-state index in [0.717, 1.165) is 0 Å². The number of nitro groups is 1. The molecule has 0 aliphatic carbocycles. The van der Waals surface area contributed by atoms with Crippen LogP contribution in [0.4, 0.5) is 5.69 Å². The number of carboxylic acid groups (broad SMARTS) is 1. The van der Waals surface area contributed by atoms with Gasteiger partial charge in [-0.3, -0.25) is 10.1 Å². The Morgan fingerprint density at radius 2 is 2.26 bits per heavy atom. The lowest BCUT2D eigenvalue weighted by molar-refractivity contribution is -0.385. The minimum atomic E-state index is -0.996. The zero-order chi connectivity index (χ0) is 14.4. The fraction of sp³-hybridized carbons (Fsp3) is 0.250. The summed E-state index contributed by atoms with van der Waals surface area (Å²) in [6.45, 7) is 1.76. The van der Waals surface area contributed by atoms with E-state index in [2.05, 4.69) is 15.9 Å². The van der Waals surface area contributed by atoms with E-state index < -0.39 is 10.9 Å². The van der Waals surface area contributed by atoms with Gasteiger partial charge < -0.3 is 9.84 Å². The fourth-order valence-corrected chi connectivity index (χ4v) is 1.89. The van der Waals surface area contributed by atoms with E-state index in [0.29, 0.717) is 12.2 Å². The minimum Gasteiger partial charge on any atom is -0.488 e. The first kappa shape index (κ1) is 15.2. The Labute approximate surface area is 118 Å². The molecule has 1 rings (SSSR count). The lowest BCUT2D eigenvalue weighted by Crippen LogP contribution is -2.03. The zero-order valence-corrected chi connectivity index (χ0v) is 11.7. The number of ether oxygens (including phenoxy) is 1. The van der Waals surface area contributed by atoms with Crippen molar-refractivity contribution in [1.29, 1.82) is 0 Å². The van der Waals surface area contributed by atoms with Crippen molar-refractivity contribution in [2.45, 2.75) is 13.3 Å². The van der Waals surface area contributed by atoms with Crippen molar-refractivity contribution in [3.8, 4) is 5.75 Å². The predicted octanol–water partition coefficient (Wildman–Crippen LogP) is 3.16. The van der Waals surface area contributed by atoms with Crippen LogP contribution in [0.1, 0.15) is 13.3 Å². The average molecular weight is 330 g/mol. The molecule has 6 nitrogen and oxygen atoms in total. The van der Waals surface area contributed by atoms with Gasteiger partial charge in [-0.1, -0.05) is 13.0 Å². The molecule has 0 radical (unpaired) electrons. The molecule has 19 heavy (non-hydrogen) atoms. The summed E-state index contributed by atoms with van der Waals surface area (Å²) < 4.78 is 5.56. The third-order valence-corrected chi connectivity index (χ3v) is 3.16. The summed E-state index contributed by atoms with van der Waals surface area (Å²) in [6.07, 6.45) is 1.82. The van der Waals surface area contributed by atoms with Crippen LogP contribution in [0.15, 0.2) is 34.3 Å². The number of benzene rings is 1. The van der Waals surface area contributed by atoms with E-state index >= 15 is 0 Å². The van der Waals surface area contributed by atoms with Crippen LogP contribution in [0.3, 0.4) is 0 Å². The van der Waals surface area contributed by atoms with Crippen molar-refractivity contribution in [3.63, 3.8) is 0 Å². The van der Waals surface area contributed by atoms with Gasteiger partial charge in [0.05, 0.1) is 4.92 Å². The summed E-state index contributed by atoms with van der Waals surface area (Å²) in [5, 5.41) is 19.5. The third kappa shape index (κ3) is 4.06. The Balaban J connectivity index is 2.82. The monoisotopic (exact) mass is 329 g/mol. The minimum absolute atomic E-state index is 0.0369. The number of hydrogen-bond acceptors (Lipinski definition) is 4. The van der Waals surface area contributed by atoms with Crippen LogP contribution >= 0.6 is 15.9 Å². The van der Waals surface area contributed by atoms with Crippen LogP contribution in [-0.4, -0.2) is 22.6 Å². The van der Waals surface area contributed by atoms with Crippen LogP contribution in [0.25, 0.3) is 0 Å². The predicted molar refractivity (Wildman–Crippen MR) is 72.3 cm³/mol. The first-order valence-corrected chi connectivity index (χ1v) is 6.24. The molecular weight excluding hydrogens is 318 g/mol. The summed E-state index contributed by atoms with van der Waals surface area (Å²) >= 11 is 3.09. The van der Waals surface area contributed by atoms with Crippen molar-refractivity contribution in [1.82, 2.24) is 0 Å². The molecule has 0 saturated heterocycles. The second kappa shape index (κ2) is 6.89. The topological polar surface area (TPSA) is 89.7 Å². The van der Waals surface area contributed by atoms with Crippen LogP contribution < -0.4 is 4.74 Å². The highest BCUT2D eigenvalue weighted by molar-refractivity contribution is 9.10. The SMILES string of the molecule is CC/C(=C/COc1cccc([N+](=O)[O-])c1Br)C(=O)O. The van der Waals surface area contributed by atoms with E-state index in [9.17, 15) is 14.9 Å². The Hall–Kier alpha value is -1.89. The second-order valence-electron chi connectivity index (χ2n) is 3.55. The Bertz CT molecular complexity index is 527. The van der Waals surface area contributed by atoms with E-state index in [1.54, 1.807) is 13.0 Å². The molecule has 0 aromatic heterocycles. The number of hydrogen-bond donors (Lipinski definition) is 1. The van der Waals surface area contributed by atoms with Crippen molar-refractivity contribution in [2.24, 2.45) is 0 Å². The van der Waals surface area contributed by atoms with Crippen LogP contribution in [0.2, 0.25) is 0 Å². The molecule has 102 valence electrons. The molecule has 0 aliphatic heterocycles. The number of carbonyl (C=O) groups is 1. The number of aliphatic carboxylic acids is 1. The lowest BCUT2D eigenvalue weighted by atomic mass is 10.2. The molecule has 1 aromatic rings. The summed E-state index contributed by atoms with van der Waals surface area (Å²) in [5.74, 6) is -0.699. The average Bonchev–Trinajstić information content (AvgIpc) is 2.35. The van der Waals surface area contributed by atoms with Gasteiger partial charge in [-0.15, -0.1) is 0 Å². The number of halogens is 1. The highest BCUT2D eigenvalue weighted by atomic mass is 79.9. The third-order valence-electron chi connectivity index (χ3n) is 2.36. The van der Waals surface area contributed by atoms with Gasteiger partial charge in [0.15, 0.2) is 0 Å². The molecule has 1 aromatic carbocycles. The van der Waals surface area contributed by atoms with Crippen LogP contribution in [0.5, 0.6) is 5.75 Å². The molecule has 0 fully saturated rings. The van der Waals surface area contributed by atoms with Crippen LogP contribution in [0, 0.1) is 10.1 Å². The number of nitro benzene ring substituents is 1. The lowest BCUT2D eigenvalue weighted by Gasteiger charge is -2.06. The number of nitrogens with zero attached hydrogens (tertiary/aromatic N) is 1. The van der Waals surface area contributed by atoms with Crippen LogP contribution in [-0.2, 0) is 4.79 Å². The van der Waals surface area contributed by atoms with Crippen molar-refractivity contribution in [2.75, 3.05) is 6.61 Å². The molecule has 0 atom stereocenters. The number of rotatable bonds is 6. The van der Waals surface area contributed by atoms with E-state index in [1.807, 2.05) is 0 Å². The Morgan fingerprint density at radius 1 is 1.58 bits per heavy atom. The molecule has 0 saturated carbocycles. The van der Waals surface area contributed by atoms with E-state index in [1.165, 1.54) is 18.2 Å². The van der Waals surface area contributed by atoms with Gasteiger partial charge in [-0.05, 0) is 34.5 Å². The molecule has 0 spiro atoms. The molecule has 0 unspecified atom stereocenters. The quantitative estimate of drug-likeness (QED) is 0.492. The smallest absolute Gasteiger partial charge is 0.331 e. The van der Waals surface area contributed by atoms with Crippen molar-refractivity contribution >= 4 is 27.6 Å². The summed E-state index contributed by atoms with van der Waals surface area (Å²) in [7, 11) is 0. The normalized spacial score (nSPS) is 11.2. The molecule has 1 N–H and O–H groups in total. The second-order valence-corrected chi connectivity index (χ2v) is 4.34. The molecule has 0 bridgehead atoms. The molecule has 0 aliphatic rings. The maximum absolute atomic E-state index is 10.8. The zero-order valence-electron chi connectivity index (χ0n) is 10.1. The maximum Gasteiger partial charge on any atom is 0.331 e. The largest absolute Gasteiger partial charge is 0.488 e. The summed E-state index contributed by atoms with van der Waals surface area (Å²) in [6, 6.07) is 4.42. The Kier molecular flexibility index (Phi) is 5.50. The highest BCUT2D eigenvalue weighted by Crippen LogP contribution is 2.33. The molecule has 0 amide bonds. The fourth-order valence-electron chi connectivity index (χ4n) is 1.37. The Morgan fingerprint density at radius 3 is 2.79 bits per heavy atom. The van der Waals surface area contributed by atoms with Gasteiger partial charge in [-0.25, -0.2) is 4.79 Å². The van der Waals surface area contributed by atoms with Crippen molar-refractivity contribution in [3.05, 3.63) is 44.4 Å². The van der Waals surface area contributed by atoms with E-state index in [4.69, 9.17) is 9.84 Å². The molecule has 7 heteroatoms. The standard InChI is InChI=1S/C12H12BrNO5/c1-2-8(12(15)16)6-7-19-10-5-3-4-9(11(10)13)14(17)18/h3-6H,2,7H2,1H3,(H,15,16)/b8-6-. The van der Waals surface area contributed by atoms with Gasteiger partial charge in [0.2, 0.25) is 0 Å². The first-order chi connectivity index (χ1) is 8.97. The molecular formula is C12H12BrNO5. The first-order valence-electron chi connectivity index (χ1n) is 5.45. The molecule has 0 heterocycles. The van der Waals surface area contributed by atoms with Gasteiger partial charge in [0.1, 0.15) is 16.8 Å². The maximum atomic E-state index is 10.8. The van der Waals surface area contributed by atoms with Gasteiger partial charge in [0, 0.05) is 11.6 Å². The van der Waals surface area contributed by atoms with Gasteiger partial charge >= 0.3 is 5.97 Å².